The van der Waals surface area contributed by atoms with Gasteiger partial charge in [-0.1, -0.05) is 116 Å². The van der Waals surface area contributed by atoms with Crippen LogP contribution in [0.5, 0.6) is 0 Å². The first-order chi connectivity index (χ1) is 41.2. The fraction of sp³-hybridized carbons (Fsp3) is 0.452. The van der Waals surface area contributed by atoms with Crippen molar-refractivity contribution in [3.63, 3.8) is 0 Å². The molecule has 0 saturated carbocycles. The van der Waals surface area contributed by atoms with Crippen LogP contribution >= 0.6 is 0 Å². The molecule has 2 aromatic heterocycles. The number of nitrogens with one attached hydrogen (secondary N) is 1. The fourth-order valence-electron chi connectivity index (χ4n) is 10.0. The Morgan fingerprint density at radius 3 is 1.11 bits per heavy atom. The van der Waals surface area contributed by atoms with Crippen molar-refractivity contribution in [3.8, 4) is 11.3 Å². The summed E-state index contributed by atoms with van der Waals surface area (Å²) in [4.78, 5) is 89.2. The van der Waals surface area contributed by atoms with Crippen molar-refractivity contribution in [2.75, 3.05) is 14.2 Å². The molecule has 0 aliphatic heterocycles. The van der Waals surface area contributed by atoms with Crippen LogP contribution in [-0.4, -0.2) is 80.5 Å². The number of H-pyrrole nitrogens is 1. The van der Waals surface area contributed by atoms with Gasteiger partial charge in [-0.2, -0.15) is 0 Å². The Hall–Kier alpha value is -8.00. The number of carbonyl (C=O) groups is 7. The largest absolute Gasteiger partial charge is 0.489 e. The van der Waals surface area contributed by atoms with Crippen LogP contribution in [0.3, 0.4) is 0 Å². The first-order valence-corrected chi connectivity index (χ1v) is 30.4. The number of ketones is 4. The van der Waals surface area contributed by atoms with Crippen LogP contribution in [0.25, 0.3) is 11.3 Å². The van der Waals surface area contributed by atoms with E-state index in [1.54, 1.807) is 6.92 Å². The van der Waals surface area contributed by atoms with Crippen molar-refractivity contribution < 1.29 is 58.4 Å². The van der Waals surface area contributed by atoms with E-state index in [9.17, 15) is 38.7 Å². The number of Topliss-reactive ketones (excluding diaryl/α,β-unsaturated/α-hetero) is 4. The zero-order valence-corrected chi connectivity index (χ0v) is 54.3. The minimum atomic E-state index is -1.58. The summed E-state index contributed by atoms with van der Waals surface area (Å²) in [6.07, 6.45) is 44.3. The second-order valence-corrected chi connectivity index (χ2v) is 23.4. The van der Waals surface area contributed by atoms with Crippen molar-refractivity contribution in [1.29, 1.82) is 0 Å². The SMILES string of the molecule is COC1=C(OC)C(=O)C(C/C=C(\C)CC/C=C(\C)CC/C=C(\C)CC/C=C(\C)CC/C=C(\C)CC/C=C(/C)CC/C=C(\C)CC/C=C(\C)CC/C=C(\C)CCC=C(C)C)=C(C)C1=O.O=C(O)c1cc(C(=O)O)c2c(n1)C(=O)C(=O)c1cc(C(=O)O)[nH]c1-2. The van der Waals surface area contributed by atoms with E-state index in [1.165, 1.54) is 89.2 Å². The van der Waals surface area contributed by atoms with Gasteiger partial charge in [0.1, 0.15) is 17.1 Å². The number of rotatable bonds is 34. The second kappa shape index (κ2) is 37.5. The third-order valence-corrected chi connectivity index (χ3v) is 15.5. The molecule has 4 N–H and O–H groups in total. The molecule has 0 saturated heterocycles. The molecule has 0 radical (unpaired) electrons. The van der Waals surface area contributed by atoms with Gasteiger partial charge in [-0.05, 0) is 217 Å². The molecular weight excluding hydrogens is 1100 g/mol. The molecule has 0 atom stereocenters. The van der Waals surface area contributed by atoms with E-state index in [-0.39, 0.29) is 39.9 Å². The van der Waals surface area contributed by atoms with Gasteiger partial charge in [-0.25, -0.2) is 19.4 Å². The maximum absolute atomic E-state index is 12.9. The molecule has 2 aliphatic rings. The van der Waals surface area contributed by atoms with E-state index in [0.717, 1.165) is 108 Å². The number of hydrogen-bond donors (Lipinski definition) is 4. The standard InChI is InChI=1S/C59H90O4.C14H6N2O8/c1-44(2)24-15-25-45(3)26-16-27-46(4)28-17-29-47(5)30-18-31-48(6)32-19-33-49(7)34-20-35-50(8)36-21-37-51(9)38-22-39-52(10)40-23-41-53(11)42-43-55-54(12)56(60)58(62-13)59(63-14)57(55)61;17-10-4-2-6(14(23)24)15-8(4)7-3(12(19)20)1-5(13(21)22)16-9(7)11(10)18/h24,26,28,30,32,34,36,38,40,42H,15-23,25,27,29,31,33,35,37,39,41,43H2,1-14H3;1-2,15H,(H,19,20)(H,21,22)(H,23,24)/b45-26+,46-28+,47-30+,48-32-,49-34+,50-36+,51-38+,52-40+,53-42+;. The summed E-state index contributed by atoms with van der Waals surface area (Å²) >= 11 is 0. The minimum absolute atomic E-state index is 0.00667. The van der Waals surface area contributed by atoms with Crippen molar-refractivity contribution in [2.45, 2.75) is 205 Å². The van der Waals surface area contributed by atoms with Crippen LogP contribution < -0.4 is 0 Å². The van der Waals surface area contributed by atoms with E-state index in [4.69, 9.17) is 19.7 Å². The number of nitrogens with zero attached hydrogens (tertiary/aromatic N) is 1. The van der Waals surface area contributed by atoms with Crippen LogP contribution in [0.2, 0.25) is 0 Å². The first-order valence-electron chi connectivity index (χ1n) is 30.4. The van der Waals surface area contributed by atoms with E-state index in [1.807, 2.05) is 0 Å². The summed E-state index contributed by atoms with van der Waals surface area (Å²) < 4.78 is 10.3. The zero-order chi connectivity index (χ0) is 64.9. The highest BCUT2D eigenvalue weighted by Gasteiger charge is 2.38. The van der Waals surface area contributed by atoms with Crippen LogP contribution in [0.1, 0.15) is 257 Å². The molecule has 470 valence electrons. The topological polar surface area (TPSA) is 227 Å². The number of aromatic nitrogens is 2. The van der Waals surface area contributed by atoms with Crippen molar-refractivity contribution in [1.82, 2.24) is 9.97 Å². The molecule has 14 heteroatoms. The highest BCUT2D eigenvalue weighted by atomic mass is 16.5. The molecule has 0 amide bonds. The van der Waals surface area contributed by atoms with E-state index in [0.29, 0.717) is 17.6 Å². The lowest BCUT2D eigenvalue weighted by molar-refractivity contribution is -0.121. The number of allylic oxidation sites excluding steroid dienone is 22. The van der Waals surface area contributed by atoms with Gasteiger partial charge in [0, 0.05) is 16.7 Å². The normalized spacial score (nSPS) is 14.9. The Morgan fingerprint density at radius 2 is 0.793 bits per heavy atom. The van der Waals surface area contributed by atoms with Crippen molar-refractivity contribution in [3.05, 3.63) is 179 Å². The zero-order valence-electron chi connectivity index (χ0n) is 54.3. The average molecular weight is 1190 g/mol. The lowest BCUT2D eigenvalue weighted by Crippen LogP contribution is -2.25. The van der Waals surface area contributed by atoms with E-state index in [2.05, 4.69) is 147 Å². The van der Waals surface area contributed by atoms with Gasteiger partial charge in [0.25, 0.3) is 5.78 Å². The summed E-state index contributed by atoms with van der Waals surface area (Å²) in [5.74, 6) is -7.44. The summed E-state index contributed by atoms with van der Waals surface area (Å²) in [7, 11) is 2.78. The average Bonchev–Trinajstić information content (AvgIpc) is 1.75. The predicted molar refractivity (Wildman–Crippen MR) is 348 cm³/mol. The number of fused-ring (bicyclic) bond motifs is 3. The Kier molecular flexibility index (Phi) is 31.6. The lowest BCUT2D eigenvalue weighted by Gasteiger charge is -2.19. The third-order valence-electron chi connectivity index (χ3n) is 15.5. The summed E-state index contributed by atoms with van der Waals surface area (Å²) in [6.45, 7) is 26.3. The predicted octanol–water partition coefficient (Wildman–Crippen LogP) is 18.4. The number of carboxylic acids is 3. The molecule has 87 heavy (non-hydrogen) atoms. The third kappa shape index (κ3) is 24.7. The molecule has 0 bridgehead atoms. The maximum Gasteiger partial charge on any atom is 0.354 e. The molecule has 0 unspecified atom stereocenters. The molecule has 14 nitrogen and oxygen atoms in total. The second-order valence-electron chi connectivity index (χ2n) is 23.4. The Bertz CT molecular complexity index is 3250. The Morgan fingerprint density at radius 1 is 0.448 bits per heavy atom. The van der Waals surface area contributed by atoms with Gasteiger partial charge in [-0.3, -0.25) is 19.2 Å². The quantitative estimate of drug-likeness (QED) is 0.0291. The molecule has 0 spiro atoms. The highest BCUT2D eigenvalue weighted by Crippen LogP contribution is 2.36. The molecule has 2 heterocycles. The number of carboxylic acid groups (broad SMARTS) is 3. The van der Waals surface area contributed by atoms with Gasteiger partial charge in [0.2, 0.25) is 28.9 Å². The highest BCUT2D eigenvalue weighted by molar-refractivity contribution is 6.53. The van der Waals surface area contributed by atoms with Gasteiger partial charge < -0.3 is 29.8 Å². The molecular formula is C73H96N2O12. The Balaban J connectivity index is 0.000000676. The van der Waals surface area contributed by atoms with Crippen LogP contribution in [0, 0.1) is 0 Å². The molecule has 4 rings (SSSR count). The monoisotopic (exact) mass is 1190 g/mol. The maximum atomic E-state index is 12.9. The van der Waals surface area contributed by atoms with Crippen LogP contribution in [0.15, 0.2) is 151 Å². The van der Waals surface area contributed by atoms with Crippen LogP contribution in [-0.2, 0) is 19.1 Å². The minimum Gasteiger partial charge on any atom is -0.489 e. The number of aromatic carboxylic acids is 3. The van der Waals surface area contributed by atoms with Crippen molar-refractivity contribution >= 4 is 41.0 Å². The number of carbonyl (C=O) groups excluding carboxylic acids is 4. The number of hydrogen-bond acceptors (Lipinski definition) is 10. The summed E-state index contributed by atoms with van der Waals surface area (Å²) in [5, 5.41) is 27.3. The molecule has 0 fully saturated rings. The molecule has 2 aromatic rings. The smallest absolute Gasteiger partial charge is 0.354 e. The Labute approximate surface area is 517 Å². The summed E-state index contributed by atoms with van der Waals surface area (Å²) in [6, 6.07) is 1.65. The lowest BCUT2D eigenvalue weighted by atomic mass is 9.88. The molecule has 2 aliphatic carbocycles. The van der Waals surface area contributed by atoms with Gasteiger partial charge in [0.05, 0.1) is 31.0 Å². The number of pyridine rings is 1. The van der Waals surface area contributed by atoms with Crippen molar-refractivity contribution in [2.24, 2.45) is 0 Å². The first kappa shape index (κ1) is 73.3. The van der Waals surface area contributed by atoms with Gasteiger partial charge in [-0.15, -0.1) is 0 Å². The van der Waals surface area contributed by atoms with Gasteiger partial charge in [0.15, 0.2) is 0 Å². The fourth-order valence-corrected chi connectivity index (χ4v) is 10.0. The number of aromatic amines is 1. The van der Waals surface area contributed by atoms with Gasteiger partial charge >= 0.3 is 17.9 Å². The number of ether oxygens (including phenoxy) is 2. The number of methoxy groups -OCH3 is 2. The van der Waals surface area contributed by atoms with E-state index < -0.39 is 52.1 Å². The van der Waals surface area contributed by atoms with Crippen LogP contribution in [0.4, 0.5) is 0 Å². The molecule has 0 aromatic carbocycles. The van der Waals surface area contributed by atoms with E-state index >= 15 is 0 Å². The summed E-state index contributed by atoms with van der Waals surface area (Å²) in [5.41, 5.74) is 12.3.